The van der Waals surface area contributed by atoms with Crippen LogP contribution >= 0.6 is 0 Å². The number of nitrogens with one attached hydrogen (secondary N) is 1. The molecule has 1 N–H and O–H groups in total. The highest BCUT2D eigenvalue weighted by Gasteiger charge is 2.49. The summed E-state index contributed by atoms with van der Waals surface area (Å²) in [6.45, 7) is 2.03. The third-order valence-electron chi connectivity index (χ3n) is 3.73. The molecular weight excluding hydrogens is 178 g/mol. The van der Waals surface area contributed by atoms with Gasteiger partial charge in [-0.05, 0) is 25.8 Å². The SMILES string of the molecule is CN1C(=O)N(C2CC2)[C@H]2CCNC[C@H]21. The van der Waals surface area contributed by atoms with Crippen LogP contribution in [0, 0.1) is 0 Å². The van der Waals surface area contributed by atoms with E-state index < -0.39 is 0 Å². The Morgan fingerprint density at radius 2 is 2.07 bits per heavy atom. The van der Waals surface area contributed by atoms with Gasteiger partial charge < -0.3 is 15.1 Å². The quantitative estimate of drug-likeness (QED) is 0.651. The molecule has 0 radical (unpaired) electrons. The molecule has 3 fully saturated rings. The summed E-state index contributed by atoms with van der Waals surface area (Å²) in [7, 11) is 1.94. The Balaban J connectivity index is 1.86. The van der Waals surface area contributed by atoms with Crippen LogP contribution in [-0.4, -0.2) is 54.1 Å². The van der Waals surface area contributed by atoms with Crippen LogP contribution in [0.2, 0.25) is 0 Å². The zero-order valence-electron chi connectivity index (χ0n) is 8.57. The highest BCUT2D eigenvalue weighted by atomic mass is 16.2. The summed E-state index contributed by atoms with van der Waals surface area (Å²) in [4.78, 5) is 16.0. The number of fused-ring (bicyclic) bond motifs is 1. The van der Waals surface area contributed by atoms with Crippen LogP contribution in [0.5, 0.6) is 0 Å². The number of hydrogen-bond acceptors (Lipinski definition) is 2. The molecule has 3 aliphatic rings. The predicted octanol–water partition coefficient (Wildman–Crippen LogP) is 0.247. The predicted molar refractivity (Wildman–Crippen MR) is 53.1 cm³/mol. The minimum Gasteiger partial charge on any atom is -0.321 e. The van der Waals surface area contributed by atoms with E-state index in [1.165, 1.54) is 12.8 Å². The third-order valence-corrected chi connectivity index (χ3v) is 3.73. The van der Waals surface area contributed by atoms with Gasteiger partial charge in [-0.1, -0.05) is 0 Å². The van der Waals surface area contributed by atoms with Crippen LogP contribution in [-0.2, 0) is 0 Å². The Morgan fingerprint density at radius 1 is 1.29 bits per heavy atom. The van der Waals surface area contributed by atoms with Crippen LogP contribution in [0.3, 0.4) is 0 Å². The fraction of sp³-hybridized carbons (Fsp3) is 0.900. The molecule has 4 heteroatoms. The first-order valence-corrected chi connectivity index (χ1v) is 5.55. The number of amides is 2. The van der Waals surface area contributed by atoms with E-state index in [4.69, 9.17) is 0 Å². The van der Waals surface area contributed by atoms with Gasteiger partial charge in [0.2, 0.25) is 0 Å². The van der Waals surface area contributed by atoms with E-state index >= 15 is 0 Å². The number of nitrogens with zero attached hydrogens (tertiary/aromatic N) is 2. The van der Waals surface area contributed by atoms with Gasteiger partial charge in [-0.3, -0.25) is 0 Å². The summed E-state index contributed by atoms with van der Waals surface area (Å²) in [6, 6.07) is 1.72. The molecule has 0 bridgehead atoms. The molecule has 0 aromatic heterocycles. The molecule has 2 amide bonds. The molecule has 4 nitrogen and oxygen atoms in total. The zero-order chi connectivity index (χ0) is 9.71. The maximum absolute atomic E-state index is 12.0. The lowest BCUT2D eigenvalue weighted by Gasteiger charge is -2.31. The van der Waals surface area contributed by atoms with Gasteiger partial charge in [0.1, 0.15) is 0 Å². The van der Waals surface area contributed by atoms with Gasteiger partial charge in [-0.2, -0.15) is 0 Å². The van der Waals surface area contributed by atoms with E-state index in [1.54, 1.807) is 0 Å². The van der Waals surface area contributed by atoms with Crippen molar-refractivity contribution in [1.82, 2.24) is 15.1 Å². The van der Waals surface area contributed by atoms with Crippen molar-refractivity contribution in [3.63, 3.8) is 0 Å². The van der Waals surface area contributed by atoms with Crippen LogP contribution in [0.4, 0.5) is 4.79 Å². The normalized spacial score (nSPS) is 37.6. The van der Waals surface area contributed by atoms with E-state index in [9.17, 15) is 4.79 Å². The van der Waals surface area contributed by atoms with E-state index in [0.717, 1.165) is 19.5 Å². The lowest BCUT2D eigenvalue weighted by Crippen LogP contribution is -2.49. The Morgan fingerprint density at radius 3 is 2.79 bits per heavy atom. The molecule has 1 saturated carbocycles. The maximum Gasteiger partial charge on any atom is 0.320 e. The summed E-state index contributed by atoms with van der Waals surface area (Å²) in [5, 5.41) is 3.37. The van der Waals surface area contributed by atoms with Crippen molar-refractivity contribution >= 4 is 6.03 Å². The van der Waals surface area contributed by atoms with Crippen molar-refractivity contribution in [2.24, 2.45) is 0 Å². The topological polar surface area (TPSA) is 35.6 Å². The summed E-state index contributed by atoms with van der Waals surface area (Å²) in [5.74, 6) is 0. The molecule has 0 aromatic carbocycles. The van der Waals surface area contributed by atoms with Gasteiger partial charge in [0, 0.05) is 19.6 Å². The molecule has 2 heterocycles. The largest absolute Gasteiger partial charge is 0.321 e. The Hall–Kier alpha value is -0.770. The van der Waals surface area contributed by atoms with Gasteiger partial charge in [-0.15, -0.1) is 0 Å². The van der Waals surface area contributed by atoms with Crippen molar-refractivity contribution in [3.8, 4) is 0 Å². The Kier molecular flexibility index (Phi) is 1.74. The fourth-order valence-corrected chi connectivity index (χ4v) is 2.79. The molecule has 2 saturated heterocycles. The minimum atomic E-state index is 0.256. The summed E-state index contributed by atoms with van der Waals surface area (Å²) < 4.78 is 0. The monoisotopic (exact) mass is 195 g/mol. The zero-order valence-corrected chi connectivity index (χ0v) is 8.57. The van der Waals surface area contributed by atoms with Crippen molar-refractivity contribution < 1.29 is 4.79 Å². The van der Waals surface area contributed by atoms with Crippen LogP contribution in [0.15, 0.2) is 0 Å². The number of piperidine rings is 1. The highest BCUT2D eigenvalue weighted by molar-refractivity contribution is 5.78. The van der Waals surface area contributed by atoms with Gasteiger partial charge in [0.25, 0.3) is 0 Å². The molecular formula is C10H17N3O. The first-order chi connectivity index (χ1) is 6.79. The summed E-state index contributed by atoms with van der Waals surface area (Å²) >= 11 is 0. The lowest BCUT2D eigenvalue weighted by molar-refractivity contribution is 0.186. The van der Waals surface area contributed by atoms with Crippen LogP contribution in [0.25, 0.3) is 0 Å². The number of rotatable bonds is 1. The van der Waals surface area contributed by atoms with Crippen molar-refractivity contribution in [2.75, 3.05) is 20.1 Å². The van der Waals surface area contributed by atoms with E-state index in [1.807, 2.05) is 11.9 Å². The number of carbonyl (C=O) groups excluding carboxylic acids is 1. The lowest BCUT2D eigenvalue weighted by atomic mass is 10.0. The second-order valence-electron chi connectivity index (χ2n) is 4.66. The van der Waals surface area contributed by atoms with Gasteiger partial charge >= 0.3 is 6.03 Å². The van der Waals surface area contributed by atoms with E-state index in [2.05, 4.69) is 10.2 Å². The summed E-state index contributed by atoms with van der Waals surface area (Å²) in [5.41, 5.74) is 0. The van der Waals surface area contributed by atoms with Gasteiger partial charge in [-0.25, -0.2) is 4.79 Å². The summed E-state index contributed by atoms with van der Waals surface area (Å²) in [6.07, 6.45) is 3.56. The van der Waals surface area contributed by atoms with Gasteiger partial charge in [0.05, 0.1) is 12.1 Å². The molecule has 3 rings (SSSR count). The van der Waals surface area contributed by atoms with E-state index in [-0.39, 0.29) is 6.03 Å². The molecule has 0 spiro atoms. The minimum absolute atomic E-state index is 0.256. The molecule has 2 aliphatic heterocycles. The molecule has 0 unspecified atom stereocenters. The molecule has 1 aliphatic carbocycles. The fourth-order valence-electron chi connectivity index (χ4n) is 2.79. The van der Waals surface area contributed by atoms with Crippen molar-refractivity contribution in [3.05, 3.63) is 0 Å². The third kappa shape index (κ3) is 1.06. The average Bonchev–Trinajstić information content (AvgIpc) is 2.99. The van der Waals surface area contributed by atoms with Crippen LogP contribution < -0.4 is 5.32 Å². The Bertz CT molecular complexity index is 264. The Labute approximate surface area is 84.2 Å². The first-order valence-electron chi connectivity index (χ1n) is 5.55. The number of likely N-dealkylation sites (N-methyl/N-ethyl adjacent to an activating group) is 1. The molecule has 78 valence electrons. The average molecular weight is 195 g/mol. The maximum atomic E-state index is 12.0. The standard InChI is InChI=1S/C10H17N3O/c1-12-9-6-11-5-4-8(9)13(10(12)14)7-2-3-7/h7-9,11H,2-6H2,1H3/t8-,9+/m0/s1. The molecule has 14 heavy (non-hydrogen) atoms. The number of hydrogen-bond donors (Lipinski definition) is 1. The van der Waals surface area contributed by atoms with E-state index in [0.29, 0.717) is 18.1 Å². The number of carbonyl (C=O) groups is 1. The molecule has 0 aromatic rings. The van der Waals surface area contributed by atoms with Gasteiger partial charge in [0.15, 0.2) is 0 Å². The smallest absolute Gasteiger partial charge is 0.320 e. The highest BCUT2D eigenvalue weighted by Crippen LogP contribution is 2.36. The molecule has 2 atom stereocenters. The number of urea groups is 1. The van der Waals surface area contributed by atoms with Crippen molar-refractivity contribution in [2.45, 2.75) is 37.4 Å². The van der Waals surface area contributed by atoms with Crippen LogP contribution in [0.1, 0.15) is 19.3 Å². The second kappa shape index (κ2) is 2.86. The second-order valence-corrected chi connectivity index (χ2v) is 4.66. The van der Waals surface area contributed by atoms with Crippen molar-refractivity contribution in [1.29, 1.82) is 0 Å². The first kappa shape index (κ1) is 8.53.